The lowest BCUT2D eigenvalue weighted by Crippen LogP contribution is -2.49. The molecule has 3 aromatic rings. The Hall–Kier alpha value is -2.70. The maximum absolute atomic E-state index is 13.1. The number of nitrogens with one attached hydrogen (secondary N) is 1. The van der Waals surface area contributed by atoms with E-state index in [2.05, 4.69) is 10.3 Å². The van der Waals surface area contributed by atoms with Gasteiger partial charge in [-0.2, -0.15) is 0 Å². The monoisotopic (exact) mass is 384 g/mol. The third-order valence-electron chi connectivity index (χ3n) is 4.82. The maximum Gasteiger partial charge on any atom is 0.243 e. The standard InChI is InChI=1S/C20H20N4O2.ClH/c25-19-7-10-23(17-6-2-1-5-16(17)19)14-20(26)24-11-9-22-13-18(24)15-4-3-8-21-12-15;/h1-8,10,12,18,22H,9,11,13-14H2;1H. The average molecular weight is 385 g/mol. The fourth-order valence-corrected chi connectivity index (χ4v) is 3.51. The van der Waals surface area contributed by atoms with Crippen molar-refractivity contribution in [2.24, 2.45) is 0 Å². The Morgan fingerprint density at radius 3 is 2.85 bits per heavy atom. The van der Waals surface area contributed by atoms with Crippen molar-refractivity contribution in [2.75, 3.05) is 19.6 Å². The molecule has 7 heteroatoms. The maximum atomic E-state index is 13.1. The normalized spacial score (nSPS) is 16.7. The number of fused-ring (bicyclic) bond motifs is 1. The van der Waals surface area contributed by atoms with E-state index in [1.54, 1.807) is 18.5 Å². The first-order valence-electron chi connectivity index (χ1n) is 8.72. The molecule has 0 radical (unpaired) electrons. The smallest absolute Gasteiger partial charge is 0.243 e. The highest BCUT2D eigenvalue weighted by Gasteiger charge is 2.28. The molecule has 1 saturated heterocycles. The molecule has 1 atom stereocenters. The average Bonchev–Trinajstić information content (AvgIpc) is 2.71. The van der Waals surface area contributed by atoms with Crippen LogP contribution in [0.3, 0.4) is 0 Å². The first-order chi connectivity index (χ1) is 12.7. The number of hydrogen-bond donors (Lipinski definition) is 1. The van der Waals surface area contributed by atoms with Crippen molar-refractivity contribution in [3.63, 3.8) is 0 Å². The molecule has 1 unspecified atom stereocenters. The van der Waals surface area contributed by atoms with Crippen molar-refractivity contribution in [1.29, 1.82) is 0 Å². The van der Waals surface area contributed by atoms with Gasteiger partial charge in [0.2, 0.25) is 5.91 Å². The van der Waals surface area contributed by atoms with Crippen molar-refractivity contribution >= 4 is 29.2 Å². The number of nitrogens with zero attached hydrogens (tertiary/aromatic N) is 3. The first-order valence-corrected chi connectivity index (χ1v) is 8.72. The van der Waals surface area contributed by atoms with Crippen molar-refractivity contribution < 1.29 is 4.79 Å². The molecule has 1 aliphatic rings. The molecule has 0 saturated carbocycles. The topological polar surface area (TPSA) is 67.2 Å². The second-order valence-corrected chi connectivity index (χ2v) is 6.42. The van der Waals surface area contributed by atoms with Gasteiger partial charge in [-0.15, -0.1) is 12.4 Å². The van der Waals surface area contributed by atoms with Gasteiger partial charge in [-0.25, -0.2) is 0 Å². The number of amides is 1. The molecule has 0 bridgehead atoms. The van der Waals surface area contributed by atoms with Crippen molar-refractivity contribution in [2.45, 2.75) is 12.6 Å². The fraction of sp³-hybridized carbons (Fsp3) is 0.250. The van der Waals surface area contributed by atoms with Gasteiger partial charge < -0.3 is 14.8 Å². The molecular weight excluding hydrogens is 364 g/mol. The van der Waals surface area contributed by atoms with E-state index in [1.807, 2.05) is 46.0 Å². The number of benzene rings is 1. The minimum Gasteiger partial charge on any atom is -0.338 e. The molecule has 1 fully saturated rings. The molecule has 27 heavy (non-hydrogen) atoms. The molecule has 3 heterocycles. The van der Waals surface area contributed by atoms with Crippen LogP contribution in [0.5, 0.6) is 0 Å². The van der Waals surface area contributed by atoms with Crippen molar-refractivity contribution in [3.05, 3.63) is 76.8 Å². The van der Waals surface area contributed by atoms with Gasteiger partial charge in [-0.05, 0) is 23.8 Å². The lowest BCUT2D eigenvalue weighted by atomic mass is 10.1. The van der Waals surface area contributed by atoms with Crippen LogP contribution in [0.25, 0.3) is 10.9 Å². The summed E-state index contributed by atoms with van der Waals surface area (Å²) in [6.07, 6.45) is 5.24. The number of hydrogen-bond acceptors (Lipinski definition) is 4. The zero-order valence-electron chi connectivity index (χ0n) is 14.7. The zero-order valence-corrected chi connectivity index (χ0v) is 15.6. The largest absolute Gasteiger partial charge is 0.338 e. The Balaban J connectivity index is 0.00000210. The van der Waals surface area contributed by atoms with Crippen LogP contribution < -0.4 is 10.7 Å². The summed E-state index contributed by atoms with van der Waals surface area (Å²) in [5.41, 5.74) is 1.78. The summed E-state index contributed by atoms with van der Waals surface area (Å²) in [5, 5.41) is 3.98. The SMILES string of the molecule is Cl.O=C(Cn1ccc(=O)c2ccccc21)N1CCNCC1c1cccnc1. The molecule has 140 valence electrons. The molecule has 1 amide bonds. The number of rotatable bonds is 3. The minimum absolute atomic E-state index is 0. The van der Waals surface area contributed by atoms with Gasteiger partial charge in [-0.3, -0.25) is 14.6 Å². The Bertz CT molecular complexity index is 990. The van der Waals surface area contributed by atoms with E-state index in [4.69, 9.17) is 0 Å². The molecule has 6 nitrogen and oxygen atoms in total. The van der Waals surface area contributed by atoms with Crippen LogP contribution in [0.2, 0.25) is 0 Å². The summed E-state index contributed by atoms with van der Waals surface area (Å²) in [6.45, 7) is 2.34. The Kier molecular flexibility index (Phi) is 5.88. The predicted octanol–water partition coefficient (Wildman–Crippen LogP) is 1.99. The van der Waals surface area contributed by atoms with Gasteiger partial charge in [0.15, 0.2) is 5.43 Å². The van der Waals surface area contributed by atoms with E-state index in [9.17, 15) is 9.59 Å². The molecule has 0 aliphatic carbocycles. The summed E-state index contributed by atoms with van der Waals surface area (Å²) in [7, 11) is 0. The number of halogens is 1. The summed E-state index contributed by atoms with van der Waals surface area (Å²) in [6, 6.07) is 12.8. The van der Waals surface area contributed by atoms with Gasteiger partial charge in [0, 0.05) is 49.7 Å². The van der Waals surface area contributed by atoms with E-state index < -0.39 is 0 Å². The van der Waals surface area contributed by atoms with Crippen LogP contribution in [0, 0.1) is 0 Å². The van der Waals surface area contributed by atoms with E-state index in [-0.39, 0.29) is 36.3 Å². The quantitative estimate of drug-likeness (QED) is 0.750. The van der Waals surface area contributed by atoms with Crippen LogP contribution in [-0.2, 0) is 11.3 Å². The van der Waals surface area contributed by atoms with Gasteiger partial charge >= 0.3 is 0 Å². The molecule has 1 N–H and O–H groups in total. The van der Waals surface area contributed by atoms with Crippen molar-refractivity contribution in [3.8, 4) is 0 Å². The zero-order chi connectivity index (χ0) is 17.9. The third-order valence-corrected chi connectivity index (χ3v) is 4.82. The highest BCUT2D eigenvalue weighted by Crippen LogP contribution is 2.22. The van der Waals surface area contributed by atoms with Crippen LogP contribution >= 0.6 is 12.4 Å². The van der Waals surface area contributed by atoms with Gasteiger partial charge in [0.1, 0.15) is 6.54 Å². The van der Waals surface area contributed by atoms with Crippen LogP contribution in [0.15, 0.2) is 65.8 Å². The highest BCUT2D eigenvalue weighted by atomic mass is 35.5. The molecule has 1 aromatic carbocycles. The van der Waals surface area contributed by atoms with Gasteiger partial charge in [0.05, 0.1) is 11.6 Å². The molecular formula is C20H21ClN4O2. The Morgan fingerprint density at radius 2 is 2.04 bits per heavy atom. The number of pyridine rings is 2. The second-order valence-electron chi connectivity index (χ2n) is 6.42. The van der Waals surface area contributed by atoms with Crippen molar-refractivity contribution in [1.82, 2.24) is 19.8 Å². The number of carbonyl (C=O) groups excluding carboxylic acids is 1. The van der Waals surface area contributed by atoms with Gasteiger partial charge in [-0.1, -0.05) is 18.2 Å². The van der Waals surface area contributed by atoms with E-state index in [1.165, 1.54) is 6.07 Å². The minimum atomic E-state index is -0.0319. The van der Waals surface area contributed by atoms with E-state index >= 15 is 0 Å². The molecule has 2 aromatic heterocycles. The third kappa shape index (κ3) is 3.86. The molecule has 0 spiro atoms. The first kappa shape index (κ1) is 19.1. The lowest BCUT2D eigenvalue weighted by Gasteiger charge is -2.36. The number of carbonyl (C=O) groups is 1. The summed E-state index contributed by atoms with van der Waals surface area (Å²) in [4.78, 5) is 31.2. The summed E-state index contributed by atoms with van der Waals surface area (Å²) in [5.74, 6) is 0.0363. The predicted molar refractivity (Wildman–Crippen MR) is 107 cm³/mol. The van der Waals surface area contributed by atoms with Crippen LogP contribution in [0.1, 0.15) is 11.6 Å². The molecule has 4 rings (SSSR count). The fourth-order valence-electron chi connectivity index (χ4n) is 3.51. The second kappa shape index (κ2) is 8.33. The van der Waals surface area contributed by atoms with Gasteiger partial charge in [0.25, 0.3) is 0 Å². The lowest BCUT2D eigenvalue weighted by molar-refractivity contribution is -0.135. The highest BCUT2D eigenvalue weighted by molar-refractivity contribution is 5.85. The summed E-state index contributed by atoms with van der Waals surface area (Å²) >= 11 is 0. The number of para-hydroxylation sites is 1. The Morgan fingerprint density at radius 1 is 1.19 bits per heavy atom. The number of aromatic nitrogens is 2. The van der Waals surface area contributed by atoms with Crippen LogP contribution in [0.4, 0.5) is 0 Å². The van der Waals surface area contributed by atoms with E-state index in [0.717, 1.165) is 17.6 Å². The number of piperazine rings is 1. The van der Waals surface area contributed by atoms with Crippen LogP contribution in [-0.4, -0.2) is 40.0 Å². The Labute approximate surface area is 163 Å². The molecule has 1 aliphatic heterocycles. The summed E-state index contributed by atoms with van der Waals surface area (Å²) < 4.78 is 1.85. The van der Waals surface area contributed by atoms with E-state index in [0.29, 0.717) is 18.5 Å².